The second-order valence-corrected chi connectivity index (χ2v) is 10.7. The van der Waals surface area contributed by atoms with Gasteiger partial charge in [-0.3, -0.25) is 4.90 Å². The Labute approximate surface area is 186 Å². The lowest BCUT2D eigenvalue weighted by Gasteiger charge is -2.38. The van der Waals surface area contributed by atoms with Crippen LogP contribution < -0.4 is 4.90 Å². The number of amides is 2. The Balaban J connectivity index is 1.99. The molecule has 1 aromatic carbocycles. The molecule has 3 rings (SSSR count). The molecule has 2 aliphatic rings. The van der Waals surface area contributed by atoms with E-state index in [1.807, 2.05) is 47.6 Å². The molecule has 0 N–H and O–H groups in total. The van der Waals surface area contributed by atoms with Crippen molar-refractivity contribution in [3.05, 3.63) is 27.7 Å². The Morgan fingerprint density at radius 1 is 1.10 bits per heavy atom. The van der Waals surface area contributed by atoms with Crippen LogP contribution in [0.2, 0.25) is 0 Å². The van der Waals surface area contributed by atoms with Crippen molar-refractivity contribution >= 4 is 33.8 Å². The van der Waals surface area contributed by atoms with Gasteiger partial charge in [0.15, 0.2) is 0 Å². The summed E-state index contributed by atoms with van der Waals surface area (Å²) >= 11 is 3.47. The fourth-order valence-corrected chi connectivity index (χ4v) is 4.48. The maximum atomic E-state index is 13.1. The number of carbonyl (C=O) groups is 2. The first-order chi connectivity index (χ1) is 13.8. The number of hydrogen-bond donors (Lipinski definition) is 0. The van der Waals surface area contributed by atoms with Crippen molar-refractivity contribution in [1.29, 1.82) is 5.26 Å². The van der Waals surface area contributed by atoms with Crippen LogP contribution in [0.5, 0.6) is 0 Å². The molecule has 2 aliphatic heterocycles. The summed E-state index contributed by atoms with van der Waals surface area (Å²) in [5.41, 5.74) is 0.611. The number of carbonyl (C=O) groups excluding carboxylic acids is 2. The van der Waals surface area contributed by atoms with Crippen LogP contribution in [0.25, 0.3) is 0 Å². The summed E-state index contributed by atoms with van der Waals surface area (Å²) in [6, 6.07) is 5.66. The van der Waals surface area contributed by atoms with Crippen molar-refractivity contribution in [2.75, 3.05) is 18.0 Å². The van der Waals surface area contributed by atoms with Gasteiger partial charge in [-0.25, -0.2) is 9.59 Å². The topological polar surface area (TPSA) is 82.9 Å². The quantitative estimate of drug-likeness (QED) is 0.514. The molecular formula is C22H28BrN3O4. The zero-order valence-electron chi connectivity index (χ0n) is 18.3. The molecule has 2 atom stereocenters. The van der Waals surface area contributed by atoms with Gasteiger partial charge >= 0.3 is 12.2 Å². The number of ether oxygens (including phenoxy) is 2. The van der Waals surface area contributed by atoms with E-state index in [1.165, 1.54) is 0 Å². The number of hydrogen-bond acceptors (Lipinski definition) is 5. The summed E-state index contributed by atoms with van der Waals surface area (Å²) in [6.45, 7) is 11.8. The van der Waals surface area contributed by atoms with Gasteiger partial charge in [0.2, 0.25) is 0 Å². The summed E-state index contributed by atoms with van der Waals surface area (Å²) < 4.78 is 12.0. The zero-order chi connectivity index (χ0) is 22.4. The molecule has 1 saturated heterocycles. The van der Waals surface area contributed by atoms with Crippen LogP contribution in [-0.2, 0) is 9.47 Å². The molecule has 0 bridgehead atoms. The predicted octanol–water partition coefficient (Wildman–Crippen LogP) is 5.17. The van der Waals surface area contributed by atoms with Gasteiger partial charge in [-0.1, -0.05) is 15.9 Å². The molecule has 1 aromatic rings. The molecule has 0 radical (unpaired) electrons. The number of nitriles is 1. The van der Waals surface area contributed by atoms with Gasteiger partial charge in [-0.2, -0.15) is 5.26 Å². The zero-order valence-corrected chi connectivity index (χ0v) is 19.9. The smallest absolute Gasteiger partial charge is 0.415 e. The first-order valence-electron chi connectivity index (χ1n) is 10.0. The average Bonchev–Trinajstić information content (AvgIpc) is 2.91. The van der Waals surface area contributed by atoms with Crippen molar-refractivity contribution in [2.45, 2.75) is 71.1 Å². The van der Waals surface area contributed by atoms with Crippen molar-refractivity contribution in [1.82, 2.24) is 4.90 Å². The Hall–Kier alpha value is -2.27. The molecule has 0 aliphatic carbocycles. The summed E-state index contributed by atoms with van der Waals surface area (Å²) in [5, 5.41) is 9.73. The van der Waals surface area contributed by atoms with Crippen LogP contribution in [0.3, 0.4) is 0 Å². The largest absolute Gasteiger partial charge is 0.444 e. The van der Waals surface area contributed by atoms with Crippen LogP contribution in [0.1, 0.15) is 65.0 Å². The van der Waals surface area contributed by atoms with E-state index >= 15 is 0 Å². The molecule has 1 fully saturated rings. The lowest BCUT2D eigenvalue weighted by atomic mass is 9.89. The van der Waals surface area contributed by atoms with Gasteiger partial charge in [0.05, 0.1) is 17.3 Å². The van der Waals surface area contributed by atoms with Gasteiger partial charge < -0.3 is 14.4 Å². The van der Waals surface area contributed by atoms with Crippen molar-refractivity contribution in [3.63, 3.8) is 0 Å². The number of piperidine rings is 1. The van der Waals surface area contributed by atoms with Gasteiger partial charge in [-0.05, 0) is 65.7 Å². The number of rotatable bonds is 0. The normalized spacial score (nSPS) is 20.9. The van der Waals surface area contributed by atoms with Crippen LogP contribution in [0, 0.1) is 11.3 Å². The van der Waals surface area contributed by atoms with E-state index in [1.54, 1.807) is 15.9 Å². The summed E-state index contributed by atoms with van der Waals surface area (Å²) in [5.74, 6) is -0.126. The third-order valence-electron chi connectivity index (χ3n) is 5.01. The fourth-order valence-electron chi connectivity index (χ4n) is 4.01. The number of anilines is 1. The van der Waals surface area contributed by atoms with Crippen LogP contribution in [0.4, 0.5) is 15.3 Å². The molecule has 0 saturated carbocycles. The molecule has 2 amide bonds. The van der Waals surface area contributed by atoms with Crippen LogP contribution in [-0.4, -0.2) is 47.4 Å². The summed E-state index contributed by atoms with van der Waals surface area (Å²) in [4.78, 5) is 29.1. The number of benzene rings is 1. The van der Waals surface area contributed by atoms with Gasteiger partial charge in [0.1, 0.15) is 17.3 Å². The summed E-state index contributed by atoms with van der Waals surface area (Å²) in [6.07, 6.45) is -0.269. The Morgan fingerprint density at radius 2 is 1.70 bits per heavy atom. The lowest BCUT2D eigenvalue weighted by molar-refractivity contribution is 0.0185. The highest BCUT2D eigenvalue weighted by atomic mass is 79.9. The predicted molar refractivity (Wildman–Crippen MR) is 117 cm³/mol. The molecule has 0 aromatic heterocycles. The highest BCUT2D eigenvalue weighted by molar-refractivity contribution is 9.10. The van der Waals surface area contributed by atoms with Crippen molar-refractivity contribution in [2.24, 2.45) is 0 Å². The first-order valence-corrected chi connectivity index (χ1v) is 10.8. The molecule has 8 heteroatoms. The van der Waals surface area contributed by atoms with Gasteiger partial charge in [0, 0.05) is 23.5 Å². The molecule has 2 heterocycles. The minimum Gasteiger partial charge on any atom is -0.444 e. The molecular weight excluding hydrogens is 450 g/mol. The number of halogens is 1. The monoisotopic (exact) mass is 477 g/mol. The Morgan fingerprint density at radius 3 is 2.27 bits per heavy atom. The van der Waals surface area contributed by atoms with Crippen LogP contribution >= 0.6 is 15.9 Å². The Kier molecular flexibility index (Phi) is 5.80. The van der Waals surface area contributed by atoms with Crippen molar-refractivity contribution < 1.29 is 19.1 Å². The third-order valence-corrected chi connectivity index (χ3v) is 5.47. The molecule has 30 heavy (non-hydrogen) atoms. The van der Waals surface area contributed by atoms with E-state index in [0.29, 0.717) is 30.8 Å². The maximum Gasteiger partial charge on any atom is 0.415 e. The molecule has 2 unspecified atom stereocenters. The second-order valence-electron chi connectivity index (χ2n) is 9.74. The van der Waals surface area contributed by atoms with Crippen molar-refractivity contribution in [3.8, 4) is 6.07 Å². The summed E-state index contributed by atoms with van der Waals surface area (Å²) in [7, 11) is 0. The van der Waals surface area contributed by atoms with E-state index in [4.69, 9.17) is 9.47 Å². The SMILES string of the molecule is CC(C)(C)OC(=O)N1CCC2C(C1)c1cc(Br)cc(C#N)c1N2C(=O)OC(C)(C)C. The van der Waals surface area contributed by atoms with E-state index in [-0.39, 0.29) is 18.1 Å². The van der Waals surface area contributed by atoms with E-state index < -0.39 is 17.3 Å². The standard InChI is InChI=1S/C22H28BrN3O4/c1-21(2,3)29-19(27)25-8-7-17-16(12-25)15-10-14(23)9-13(11-24)18(15)26(17)20(28)30-22(4,5)6/h9-10,16-17H,7-8,12H2,1-6H3. The second kappa shape index (κ2) is 7.77. The van der Waals surface area contributed by atoms with Gasteiger partial charge in [-0.15, -0.1) is 0 Å². The van der Waals surface area contributed by atoms with E-state index in [9.17, 15) is 14.9 Å². The molecule has 162 valence electrons. The minimum absolute atomic E-state index is 0.126. The molecule has 0 spiro atoms. The number of likely N-dealkylation sites (tertiary alicyclic amines) is 1. The maximum absolute atomic E-state index is 13.1. The lowest BCUT2D eigenvalue weighted by Crippen LogP contribution is -2.51. The minimum atomic E-state index is -0.658. The number of fused-ring (bicyclic) bond motifs is 3. The first kappa shape index (κ1) is 22.4. The molecule has 7 nitrogen and oxygen atoms in total. The van der Waals surface area contributed by atoms with Gasteiger partial charge in [0.25, 0.3) is 0 Å². The highest BCUT2D eigenvalue weighted by Crippen LogP contribution is 2.48. The highest BCUT2D eigenvalue weighted by Gasteiger charge is 2.48. The number of nitrogens with zero attached hydrogens (tertiary/aromatic N) is 3. The third kappa shape index (κ3) is 4.56. The Bertz CT molecular complexity index is 911. The van der Waals surface area contributed by atoms with Crippen LogP contribution in [0.15, 0.2) is 16.6 Å². The van der Waals surface area contributed by atoms with E-state index in [0.717, 1.165) is 10.0 Å². The van der Waals surface area contributed by atoms with E-state index in [2.05, 4.69) is 22.0 Å². The average molecular weight is 478 g/mol. The fraction of sp³-hybridized carbons (Fsp3) is 0.591.